The Morgan fingerprint density at radius 2 is 2.05 bits per heavy atom. The Morgan fingerprint density at radius 1 is 1.35 bits per heavy atom. The van der Waals surface area contributed by atoms with E-state index in [0.717, 1.165) is 24.1 Å². The van der Waals surface area contributed by atoms with Crippen molar-refractivity contribution in [1.82, 2.24) is 9.55 Å². The van der Waals surface area contributed by atoms with Crippen molar-refractivity contribution in [2.24, 2.45) is 0 Å². The van der Waals surface area contributed by atoms with Crippen LogP contribution in [-0.4, -0.2) is 9.55 Å². The van der Waals surface area contributed by atoms with E-state index in [1.807, 2.05) is 31.2 Å². The number of hydrogen-bond acceptors (Lipinski definition) is 4. The third kappa shape index (κ3) is 2.52. The number of nitrogen functional groups attached to an aromatic ring is 1. The second-order valence-corrected chi connectivity index (χ2v) is 5.25. The molecule has 1 fully saturated rings. The maximum atomic E-state index is 12.3. The molecule has 0 bridgehead atoms. The van der Waals surface area contributed by atoms with Crippen LogP contribution < -0.4 is 16.6 Å². The Kier molecular flexibility index (Phi) is 3.18. The van der Waals surface area contributed by atoms with Gasteiger partial charge >= 0.3 is 0 Å². The molecule has 5 heteroatoms. The molecule has 1 aromatic heterocycles. The quantitative estimate of drug-likeness (QED) is 0.836. The smallest absolute Gasteiger partial charge is 0.293 e. The van der Waals surface area contributed by atoms with Crippen LogP contribution in [0.1, 0.15) is 37.4 Å². The molecular formula is C15H18N4O. The highest BCUT2D eigenvalue weighted by molar-refractivity contribution is 5.42. The van der Waals surface area contributed by atoms with Crippen molar-refractivity contribution in [1.29, 1.82) is 0 Å². The first-order chi connectivity index (χ1) is 9.65. The van der Waals surface area contributed by atoms with Crippen molar-refractivity contribution in [3.8, 4) is 0 Å². The molecule has 3 N–H and O–H groups in total. The molecule has 20 heavy (non-hydrogen) atoms. The summed E-state index contributed by atoms with van der Waals surface area (Å²) in [4.78, 5) is 16.5. The molecule has 3 rings (SSSR count). The van der Waals surface area contributed by atoms with Crippen LogP contribution in [0.15, 0.2) is 41.5 Å². The number of aromatic nitrogens is 2. The van der Waals surface area contributed by atoms with Crippen molar-refractivity contribution in [3.63, 3.8) is 0 Å². The van der Waals surface area contributed by atoms with Gasteiger partial charge in [0, 0.05) is 24.1 Å². The second-order valence-electron chi connectivity index (χ2n) is 5.25. The molecule has 0 amide bonds. The van der Waals surface area contributed by atoms with Crippen LogP contribution >= 0.6 is 0 Å². The summed E-state index contributed by atoms with van der Waals surface area (Å²) in [5.41, 5.74) is 7.44. The number of benzene rings is 1. The minimum atomic E-state index is -0.0442. The predicted molar refractivity (Wildman–Crippen MR) is 79.7 cm³/mol. The van der Waals surface area contributed by atoms with E-state index in [4.69, 9.17) is 5.73 Å². The van der Waals surface area contributed by atoms with Crippen LogP contribution in [0, 0.1) is 0 Å². The maximum Gasteiger partial charge on any atom is 0.293 e. The number of hydrogen-bond donors (Lipinski definition) is 2. The topological polar surface area (TPSA) is 72.9 Å². The number of nitrogens with one attached hydrogen (secondary N) is 1. The van der Waals surface area contributed by atoms with E-state index in [-0.39, 0.29) is 11.6 Å². The summed E-state index contributed by atoms with van der Waals surface area (Å²) in [7, 11) is 0. The van der Waals surface area contributed by atoms with E-state index in [9.17, 15) is 4.79 Å². The van der Waals surface area contributed by atoms with Gasteiger partial charge in [-0.3, -0.25) is 4.79 Å². The predicted octanol–water partition coefficient (Wildman–Crippen LogP) is 2.33. The van der Waals surface area contributed by atoms with Gasteiger partial charge in [-0.1, -0.05) is 12.1 Å². The first-order valence-corrected chi connectivity index (χ1v) is 6.84. The Morgan fingerprint density at radius 3 is 2.70 bits per heavy atom. The number of anilines is 2. The lowest BCUT2D eigenvalue weighted by Gasteiger charge is -2.15. The van der Waals surface area contributed by atoms with Crippen LogP contribution in [-0.2, 0) is 0 Å². The zero-order valence-electron chi connectivity index (χ0n) is 11.4. The van der Waals surface area contributed by atoms with Crippen LogP contribution in [0.25, 0.3) is 0 Å². The van der Waals surface area contributed by atoms with Crippen molar-refractivity contribution >= 4 is 11.5 Å². The van der Waals surface area contributed by atoms with Crippen molar-refractivity contribution < 1.29 is 0 Å². The van der Waals surface area contributed by atoms with E-state index >= 15 is 0 Å². The summed E-state index contributed by atoms with van der Waals surface area (Å²) in [6.07, 6.45) is 5.60. The second kappa shape index (κ2) is 5.00. The average molecular weight is 270 g/mol. The van der Waals surface area contributed by atoms with Gasteiger partial charge in [0.25, 0.3) is 5.56 Å². The molecule has 1 atom stereocenters. The highest BCUT2D eigenvalue weighted by Crippen LogP contribution is 2.33. The fraction of sp³-hybridized carbons (Fsp3) is 0.333. The van der Waals surface area contributed by atoms with Crippen LogP contribution in [0.3, 0.4) is 0 Å². The summed E-state index contributed by atoms with van der Waals surface area (Å²) in [6.45, 7) is 2.00. The van der Waals surface area contributed by atoms with E-state index in [2.05, 4.69) is 10.3 Å². The fourth-order valence-electron chi connectivity index (χ4n) is 2.24. The molecule has 0 saturated heterocycles. The van der Waals surface area contributed by atoms with E-state index in [1.165, 1.54) is 0 Å². The summed E-state index contributed by atoms with van der Waals surface area (Å²) in [5.74, 6) is 0.406. The molecule has 1 aromatic carbocycles. The molecule has 1 saturated carbocycles. The average Bonchev–Trinajstić information content (AvgIpc) is 3.26. The molecule has 1 unspecified atom stereocenters. The molecule has 1 aliphatic rings. The van der Waals surface area contributed by atoms with Gasteiger partial charge in [-0.2, -0.15) is 0 Å². The minimum Gasteiger partial charge on any atom is -0.399 e. The third-order valence-electron chi connectivity index (χ3n) is 3.60. The van der Waals surface area contributed by atoms with E-state index < -0.39 is 0 Å². The molecule has 0 aliphatic heterocycles. The highest BCUT2D eigenvalue weighted by atomic mass is 16.1. The monoisotopic (exact) mass is 270 g/mol. The number of nitrogens with two attached hydrogens (primary N) is 1. The molecular weight excluding hydrogens is 252 g/mol. The summed E-state index contributed by atoms with van der Waals surface area (Å²) >= 11 is 0. The first-order valence-electron chi connectivity index (χ1n) is 6.84. The lowest BCUT2D eigenvalue weighted by atomic mass is 10.1. The van der Waals surface area contributed by atoms with Gasteiger partial charge in [0.2, 0.25) is 0 Å². The Balaban J connectivity index is 1.82. The van der Waals surface area contributed by atoms with Gasteiger partial charge in [0.1, 0.15) is 0 Å². The van der Waals surface area contributed by atoms with Gasteiger partial charge in [0.05, 0.1) is 6.04 Å². The van der Waals surface area contributed by atoms with Crippen molar-refractivity contribution in [3.05, 3.63) is 52.6 Å². The molecule has 104 valence electrons. The van der Waals surface area contributed by atoms with Crippen molar-refractivity contribution in [2.75, 3.05) is 11.1 Å². The molecule has 5 nitrogen and oxygen atoms in total. The van der Waals surface area contributed by atoms with Gasteiger partial charge in [-0.05, 0) is 37.5 Å². The summed E-state index contributed by atoms with van der Waals surface area (Å²) < 4.78 is 1.77. The Hall–Kier alpha value is -2.30. The number of rotatable bonds is 4. The van der Waals surface area contributed by atoms with Gasteiger partial charge < -0.3 is 15.6 Å². The highest BCUT2D eigenvalue weighted by Gasteiger charge is 2.25. The third-order valence-corrected chi connectivity index (χ3v) is 3.60. The zero-order valence-corrected chi connectivity index (χ0v) is 11.4. The standard InChI is InChI=1S/C15H18N4O/c1-10(11-2-4-12(16)5-3-11)18-14-15(20)19(9-8-17-14)13-6-7-13/h2-5,8-10,13H,6-7,16H2,1H3,(H,17,18). The summed E-state index contributed by atoms with van der Waals surface area (Å²) in [5, 5.41) is 3.18. The normalized spacial score (nSPS) is 15.8. The van der Waals surface area contributed by atoms with Gasteiger partial charge in [0.15, 0.2) is 5.82 Å². The largest absolute Gasteiger partial charge is 0.399 e. The Labute approximate surface area is 117 Å². The molecule has 1 aliphatic carbocycles. The van der Waals surface area contributed by atoms with Crippen molar-refractivity contribution in [2.45, 2.75) is 31.8 Å². The van der Waals surface area contributed by atoms with Crippen LogP contribution in [0.2, 0.25) is 0 Å². The molecule has 0 spiro atoms. The zero-order chi connectivity index (χ0) is 14.1. The lowest BCUT2D eigenvalue weighted by molar-refractivity contribution is 0.696. The molecule has 1 heterocycles. The first kappa shape index (κ1) is 12.7. The van der Waals surface area contributed by atoms with Gasteiger partial charge in [-0.15, -0.1) is 0 Å². The van der Waals surface area contributed by atoms with E-state index in [1.54, 1.807) is 17.0 Å². The summed E-state index contributed by atoms with van der Waals surface area (Å²) in [6, 6.07) is 7.98. The van der Waals surface area contributed by atoms with E-state index in [0.29, 0.717) is 11.9 Å². The SMILES string of the molecule is CC(Nc1nccn(C2CC2)c1=O)c1ccc(N)cc1. The van der Waals surface area contributed by atoms with Gasteiger partial charge in [-0.25, -0.2) is 4.98 Å². The van der Waals surface area contributed by atoms with Crippen LogP contribution in [0.5, 0.6) is 0 Å². The maximum absolute atomic E-state index is 12.3. The minimum absolute atomic E-state index is 0.00542. The Bertz CT molecular complexity index is 658. The molecule has 0 radical (unpaired) electrons. The fourth-order valence-corrected chi connectivity index (χ4v) is 2.24. The molecule has 2 aromatic rings. The van der Waals surface area contributed by atoms with Crippen LogP contribution in [0.4, 0.5) is 11.5 Å². The number of nitrogens with zero attached hydrogens (tertiary/aromatic N) is 2. The lowest BCUT2D eigenvalue weighted by Crippen LogP contribution is -2.24.